The molecule has 2 atom stereocenters. The van der Waals surface area contributed by atoms with Crippen molar-refractivity contribution in [1.82, 2.24) is 24.8 Å². The average molecular weight is 1410 g/mol. The first-order valence-corrected chi connectivity index (χ1v) is 36.5. The number of ether oxygens (including phenoxy) is 7. The zero-order valence-corrected chi connectivity index (χ0v) is 59.6. The van der Waals surface area contributed by atoms with Crippen molar-refractivity contribution in [1.29, 1.82) is 0 Å². The number of H-pyrrole nitrogens is 3. The number of benzene rings is 6. The van der Waals surface area contributed by atoms with E-state index < -0.39 is 5.60 Å². The minimum Gasteiger partial charge on any atom is -0.456 e. The van der Waals surface area contributed by atoms with Crippen molar-refractivity contribution < 1.29 is 38.0 Å². The Bertz CT molecular complexity index is 4820. The largest absolute Gasteiger partial charge is 0.456 e. The Morgan fingerprint density at radius 3 is 1.25 bits per heavy atom. The van der Waals surface area contributed by atoms with E-state index in [9.17, 15) is 19.2 Å². The molecule has 9 aromatic rings. The third-order valence-corrected chi connectivity index (χ3v) is 20.2. The molecular formula is C82H91N11O11. The molecule has 11 heterocycles. The number of aromatic nitrogens is 3. The van der Waals surface area contributed by atoms with Crippen LogP contribution in [-0.4, -0.2) is 161 Å². The highest BCUT2D eigenvalue weighted by Gasteiger charge is 2.31. The zero-order chi connectivity index (χ0) is 71.4. The van der Waals surface area contributed by atoms with Gasteiger partial charge in [0.2, 0.25) is 16.7 Å². The molecule has 0 saturated carbocycles. The Hall–Kier alpha value is -10.5. The molecule has 17 rings (SSSR count). The fourth-order valence-electron chi connectivity index (χ4n) is 15.1. The van der Waals surface area contributed by atoms with Crippen LogP contribution in [0.5, 0.6) is 34.5 Å². The van der Waals surface area contributed by atoms with Crippen LogP contribution >= 0.6 is 0 Å². The van der Waals surface area contributed by atoms with Crippen molar-refractivity contribution >= 4 is 40.2 Å². The van der Waals surface area contributed by atoms with Crippen molar-refractivity contribution in [2.24, 2.45) is 0 Å². The van der Waals surface area contributed by atoms with Crippen LogP contribution in [0.2, 0.25) is 0 Å². The van der Waals surface area contributed by atoms with Crippen molar-refractivity contribution in [3.05, 3.63) is 210 Å². The van der Waals surface area contributed by atoms with Gasteiger partial charge in [-0.2, -0.15) is 0 Å². The van der Waals surface area contributed by atoms with Gasteiger partial charge in [-0.1, -0.05) is 36.4 Å². The standard InChI is InChI=1S/C32H38N4O5.C28H32N4O3.C22H21N3O3/c1-32(2,3)41-31(38)36-11-5-7-24(20-36)33-23-9-10-28-22(17-23)16-21-6-4-8-26(30(21)40-28)27-18-25(19-29(37)34-27)35-12-14-39-15-13-35;1-31-9-3-5-22(18-31)29-21-7-8-26-20(15-21)14-19-4-2-6-24(28(19)35-26)25-16-23(17-27(33)30-25)32-10-12-34-13-11-32;23-16-4-5-20-15(11-16)10-14-2-1-3-18(22(14)28-20)19-12-17(13-21(26)24-19)25-6-8-27-9-7-25/h4,6,8-10,17-19,24,33H,5,7,11-16,20H2,1-3H3,(H,34,37);2,4,6-8,15-17,22,29H,3,5,9-14,18H2,1H3,(H,30,33);1-5,11-13H,6-10,23H2,(H,24,26). The third-order valence-electron chi connectivity index (χ3n) is 20.2. The van der Waals surface area contributed by atoms with E-state index in [2.05, 4.69) is 101 Å². The van der Waals surface area contributed by atoms with Crippen molar-refractivity contribution in [3.8, 4) is 68.3 Å². The number of hydrogen-bond donors (Lipinski definition) is 6. The number of para-hydroxylation sites is 3. The van der Waals surface area contributed by atoms with Gasteiger partial charge >= 0.3 is 6.09 Å². The zero-order valence-electron chi connectivity index (χ0n) is 59.6. The van der Waals surface area contributed by atoms with Crippen molar-refractivity contribution in [2.45, 2.75) is 83.4 Å². The Kier molecular flexibility index (Phi) is 20.2. The Morgan fingerprint density at radius 2 is 0.846 bits per heavy atom. The summed E-state index contributed by atoms with van der Waals surface area (Å²) in [7, 11) is 2.19. The number of nitrogens with two attached hydrogens (primary N) is 1. The van der Waals surface area contributed by atoms with Crippen LogP contribution in [-0.2, 0) is 38.2 Å². The van der Waals surface area contributed by atoms with E-state index in [0.29, 0.717) is 58.8 Å². The normalized spacial score (nSPS) is 18.3. The summed E-state index contributed by atoms with van der Waals surface area (Å²) >= 11 is 0. The van der Waals surface area contributed by atoms with Gasteiger partial charge in [0.05, 0.1) is 56.7 Å². The van der Waals surface area contributed by atoms with E-state index in [1.165, 1.54) is 24.9 Å². The lowest BCUT2D eigenvalue weighted by Gasteiger charge is -2.35. The fraction of sp³-hybridized carbons (Fsp3) is 0.366. The number of likely N-dealkylation sites (tertiary alicyclic amines) is 2. The number of carbonyl (C=O) groups is 1. The quantitative estimate of drug-likeness (QED) is 0.0697. The first-order valence-electron chi connectivity index (χ1n) is 36.5. The molecule has 7 N–H and O–H groups in total. The second kappa shape index (κ2) is 30.4. The molecule has 22 nitrogen and oxygen atoms in total. The number of nitrogens with zero attached hydrogens (tertiary/aromatic N) is 5. The van der Waals surface area contributed by atoms with E-state index in [1.807, 2.05) is 99.6 Å². The number of aromatic amines is 3. The van der Waals surface area contributed by atoms with Crippen LogP contribution in [0.15, 0.2) is 160 Å². The lowest BCUT2D eigenvalue weighted by Crippen LogP contribution is -2.47. The highest BCUT2D eigenvalue weighted by molar-refractivity contribution is 5.78. The molecule has 0 radical (unpaired) electrons. The molecule has 8 aliphatic heterocycles. The Labute approximate surface area is 605 Å². The molecular weight excluding hydrogens is 1310 g/mol. The van der Waals surface area contributed by atoms with E-state index >= 15 is 0 Å². The van der Waals surface area contributed by atoms with Crippen molar-refractivity contribution in [2.75, 3.05) is 143 Å². The summed E-state index contributed by atoms with van der Waals surface area (Å²) in [5.41, 5.74) is 22.2. The maximum atomic E-state index is 12.6. The van der Waals surface area contributed by atoms with Crippen LogP contribution in [0.3, 0.4) is 0 Å². The number of likely N-dealkylation sites (N-methyl/N-ethyl adjacent to an activating group) is 1. The van der Waals surface area contributed by atoms with E-state index in [-0.39, 0.29) is 28.8 Å². The van der Waals surface area contributed by atoms with Gasteiger partial charge in [0.15, 0.2) is 0 Å². The number of nitrogen functional groups attached to an aromatic ring is 1. The van der Waals surface area contributed by atoms with E-state index in [1.54, 1.807) is 23.1 Å². The predicted molar refractivity (Wildman–Crippen MR) is 408 cm³/mol. The lowest BCUT2D eigenvalue weighted by atomic mass is 9.96. The van der Waals surface area contributed by atoms with Gasteiger partial charge in [0.25, 0.3) is 0 Å². The number of morpholine rings is 3. The van der Waals surface area contributed by atoms with Crippen LogP contribution in [0, 0.1) is 0 Å². The Morgan fingerprint density at radius 1 is 0.462 bits per heavy atom. The number of piperidine rings is 2. The molecule has 6 aromatic carbocycles. The summed E-state index contributed by atoms with van der Waals surface area (Å²) in [6.07, 6.45) is 6.35. The number of nitrogens with one attached hydrogen (secondary N) is 5. The van der Waals surface area contributed by atoms with Crippen LogP contribution in [0.4, 0.5) is 38.9 Å². The fourth-order valence-corrected chi connectivity index (χ4v) is 15.1. The molecule has 0 aliphatic carbocycles. The molecule has 8 aliphatic rings. The number of amides is 1. The van der Waals surface area contributed by atoms with Gasteiger partial charge in [0, 0.05) is 176 Å². The van der Waals surface area contributed by atoms with Gasteiger partial charge < -0.3 is 89.0 Å². The smallest absolute Gasteiger partial charge is 0.410 e. The average Bonchev–Trinajstić information content (AvgIpc) is 0.796. The van der Waals surface area contributed by atoms with Gasteiger partial charge in [-0.15, -0.1) is 0 Å². The second-order valence-electron chi connectivity index (χ2n) is 29.0. The number of pyridine rings is 3. The lowest BCUT2D eigenvalue weighted by molar-refractivity contribution is 0.0206. The number of rotatable bonds is 10. The number of carbonyl (C=O) groups excluding carboxylic acids is 1. The van der Waals surface area contributed by atoms with Crippen LogP contribution in [0.25, 0.3) is 33.8 Å². The molecule has 5 saturated heterocycles. The maximum absolute atomic E-state index is 12.6. The van der Waals surface area contributed by atoms with Gasteiger partial charge in [-0.05, 0) is 168 Å². The summed E-state index contributed by atoms with van der Waals surface area (Å²) in [5, 5.41) is 7.34. The predicted octanol–water partition coefficient (Wildman–Crippen LogP) is 12.6. The van der Waals surface area contributed by atoms with Crippen LogP contribution < -0.4 is 62.0 Å². The van der Waals surface area contributed by atoms with Crippen molar-refractivity contribution in [3.63, 3.8) is 0 Å². The molecule has 104 heavy (non-hydrogen) atoms. The minimum absolute atomic E-state index is 0.109. The molecule has 3 aromatic heterocycles. The SMILES string of the molecule is CC(C)(C)OC(=O)N1CCCC(Nc2ccc3c(c2)Cc2cccc(-c4cc(N5CCOCC5)cc(=O)[nH]4)c2O3)C1.CN1CCCC(Nc2ccc3c(c2)Cc2cccc(-c4cc(N5CCOCC5)cc(=O)[nH]4)c2O3)C1.Nc1ccc2c(c1)Cc1cccc(-c3cc(N4CCOCC4)cc(=O)[nH]3)c1O2. The molecule has 22 heteroatoms. The highest BCUT2D eigenvalue weighted by Crippen LogP contribution is 2.47. The molecule has 540 valence electrons. The van der Waals surface area contributed by atoms with Gasteiger partial charge in [-0.25, -0.2) is 4.79 Å². The highest BCUT2D eigenvalue weighted by atomic mass is 16.6. The monoisotopic (exact) mass is 1410 g/mol. The first-order chi connectivity index (χ1) is 50.5. The summed E-state index contributed by atoms with van der Waals surface area (Å²) in [6, 6.07) is 48.2. The van der Waals surface area contributed by atoms with E-state index in [4.69, 9.17) is 38.9 Å². The van der Waals surface area contributed by atoms with Crippen LogP contribution in [0.1, 0.15) is 79.8 Å². The number of hydrogen-bond acceptors (Lipinski definition) is 18. The maximum Gasteiger partial charge on any atom is 0.410 e. The summed E-state index contributed by atoms with van der Waals surface area (Å²) in [4.78, 5) is 69.9. The summed E-state index contributed by atoms with van der Waals surface area (Å²) in [6.45, 7) is 17.9. The van der Waals surface area contributed by atoms with Gasteiger partial charge in [-0.3, -0.25) is 14.4 Å². The molecule has 0 bridgehead atoms. The summed E-state index contributed by atoms with van der Waals surface area (Å²) in [5.74, 6) is 4.87. The molecule has 1 amide bonds. The summed E-state index contributed by atoms with van der Waals surface area (Å²) < 4.78 is 41.1. The number of fused-ring (bicyclic) bond motifs is 6. The molecule has 5 fully saturated rings. The molecule has 0 spiro atoms. The van der Waals surface area contributed by atoms with E-state index in [0.717, 1.165) is 208 Å². The Balaban J connectivity index is 0.000000128. The second-order valence-corrected chi connectivity index (χ2v) is 29.0. The molecule has 2 unspecified atom stereocenters. The van der Waals surface area contributed by atoms with Gasteiger partial charge in [0.1, 0.15) is 40.1 Å². The minimum atomic E-state index is -0.507. The topological polar surface area (TPSA) is 247 Å². The first kappa shape index (κ1) is 69.2. The number of anilines is 6. The third kappa shape index (κ3) is 16.1.